The van der Waals surface area contributed by atoms with Crippen LogP contribution in [-0.4, -0.2) is 28.4 Å². The van der Waals surface area contributed by atoms with Crippen molar-refractivity contribution in [2.45, 2.75) is 12.8 Å². The first-order chi connectivity index (χ1) is 10.3. The summed E-state index contributed by atoms with van der Waals surface area (Å²) in [5.74, 6) is -0.0657. The molecular formula is C16H15N3O2. The maximum Gasteiger partial charge on any atom is 0.258 e. The van der Waals surface area contributed by atoms with Gasteiger partial charge >= 0.3 is 0 Å². The number of anilines is 1. The number of amides is 1. The van der Waals surface area contributed by atoms with Gasteiger partial charge in [0, 0.05) is 30.1 Å². The first-order valence-corrected chi connectivity index (χ1v) is 6.83. The molecule has 1 aromatic carbocycles. The van der Waals surface area contributed by atoms with Crippen LogP contribution in [0.5, 0.6) is 0 Å². The van der Waals surface area contributed by atoms with Gasteiger partial charge in [0.15, 0.2) is 0 Å². The molecule has 1 amide bonds. The smallest absolute Gasteiger partial charge is 0.258 e. The molecule has 0 unspecified atom stereocenters. The highest BCUT2D eigenvalue weighted by Gasteiger charge is 2.24. The van der Waals surface area contributed by atoms with E-state index in [0.29, 0.717) is 24.2 Å². The van der Waals surface area contributed by atoms with E-state index in [4.69, 9.17) is 0 Å². The number of para-hydroxylation sites is 1. The van der Waals surface area contributed by atoms with Gasteiger partial charge in [0.25, 0.3) is 5.91 Å². The zero-order chi connectivity index (χ0) is 14.7. The minimum atomic E-state index is -0.0657. The molecule has 1 aliphatic rings. The van der Waals surface area contributed by atoms with E-state index in [1.807, 2.05) is 24.3 Å². The quantitative estimate of drug-likeness (QED) is 0.645. The number of nitrogens with zero attached hydrogens (tertiary/aromatic N) is 3. The molecule has 0 aliphatic carbocycles. The normalized spacial score (nSPS) is 16.4. The molecule has 0 atom stereocenters. The lowest BCUT2D eigenvalue weighted by Gasteiger charge is -2.22. The Bertz CT molecular complexity index is 683. The average Bonchev–Trinajstić information content (AvgIpc) is 2.74. The molecule has 5 heteroatoms. The van der Waals surface area contributed by atoms with Crippen molar-refractivity contribution >= 4 is 17.3 Å². The molecule has 0 saturated heterocycles. The van der Waals surface area contributed by atoms with Gasteiger partial charge in [0.1, 0.15) is 0 Å². The SMILES string of the molecule is O=C(c1ccncc1)N1CCC/C(=N/O)c2ccccc21. The van der Waals surface area contributed by atoms with Crippen molar-refractivity contribution in [1.29, 1.82) is 0 Å². The summed E-state index contributed by atoms with van der Waals surface area (Å²) >= 11 is 0. The van der Waals surface area contributed by atoms with Gasteiger partial charge in [-0.05, 0) is 31.0 Å². The summed E-state index contributed by atoms with van der Waals surface area (Å²) in [5, 5.41) is 12.6. The molecule has 1 aliphatic heterocycles. The molecular weight excluding hydrogens is 266 g/mol. The number of hydrogen-bond acceptors (Lipinski definition) is 4. The number of benzene rings is 1. The van der Waals surface area contributed by atoms with Crippen molar-refractivity contribution in [2.75, 3.05) is 11.4 Å². The number of pyridine rings is 1. The number of aromatic nitrogens is 1. The van der Waals surface area contributed by atoms with E-state index in [2.05, 4.69) is 10.1 Å². The second-order valence-corrected chi connectivity index (χ2v) is 4.86. The molecule has 0 radical (unpaired) electrons. The van der Waals surface area contributed by atoms with Gasteiger partial charge in [-0.1, -0.05) is 23.4 Å². The molecule has 106 valence electrons. The second-order valence-electron chi connectivity index (χ2n) is 4.86. The van der Waals surface area contributed by atoms with Crippen LogP contribution in [0.2, 0.25) is 0 Å². The maximum absolute atomic E-state index is 12.7. The molecule has 1 aromatic heterocycles. The Balaban J connectivity index is 2.05. The molecule has 3 rings (SSSR count). The van der Waals surface area contributed by atoms with E-state index in [0.717, 1.165) is 17.7 Å². The van der Waals surface area contributed by atoms with Crippen LogP contribution >= 0.6 is 0 Å². The Hall–Kier alpha value is -2.69. The molecule has 2 aromatic rings. The Morgan fingerprint density at radius 2 is 1.95 bits per heavy atom. The predicted octanol–water partition coefficient (Wildman–Crippen LogP) is 2.70. The van der Waals surface area contributed by atoms with Crippen molar-refractivity contribution in [1.82, 2.24) is 4.98 Å². The highest BCUT2D eigenvalue weighted by atomic mass is 16.4. The predicted molar refractivity (Wildman–Crippen MR) is 79.9 cm³/mol. The van der Waals surface area contributed by atoms with E-state index in [1.54, 1.807) is 29.4 Å². The topological polar surface area (TPSA) is 65.8 Å². The Kier molecular flexibility index (Phi) is 3.64. The van der Waals surface area contributed by atoms with Crippen LogP contribution in [0.3, 0.4) is 0 Å². The first kappa shape index (κ1) is 13.3. The third kappa shape index (κ3) is 2.50. The minimum absolute atomic E-state index is 0.0657. The summed E-state index contributed by atoms with van der Waals surface area (Å²) in [7, 11) is 0. The summed E-state index contributed by atoms with van der Waals surface area (Å²) in [4.78, 5) is 18.4. The molecule has 5 nitrogen and oxygen atoms in total. The lowest BCUT2D eigenvalue weighted by atomic mass is 10.1. The number of fused-ring (bicyclic) bond motifs is 1. The zero-order valence-electron chi connectivity index (χ0n) is 11.4. The second kappa shape index (κ2) is 5.75. The molecule has 21 heavy (non-hydrogen) atoms. The van der Waals surface area contributed by atoms with Gasteiger partial charge in [0.05, 0.1) is 11.4 Å². The largest absolute Gasteiger partial charge is 0.411 e. The first-order valence-electron chi connectivity index (χ1n) is 6.83. The lowest BCUT2D eigenvalue weighted by molar-refractivity contribution is 0.0987. The van der Waals surface area contributed by atoms with Gasteiger partial charge in [-0.3, -0.25) is 9.78 Å². The minimum Gasteiger partial charge on any atom is -0.411 e. The summed E-state index contributed by atoms with van der Waals surface area (Å²) in [5.41, 5.74) is 2.81. The summed E-state index contributed by atoms with van der Waals surface area (Å²) in [6.45, 7) is 0.594. The van der Waals surface area contributed by atoms with Crippen LogP contribution in [0.25, 0.3) is 0 Å². The summed E-state index contributed by atoms with van der Waals surface area (Å²) < 4.78 is 0. The van der Waals surface area contributed by atoms with Crippen molar-refractivity contribution < 1.29 is 10.0 Å². The Morgan fingerprint density at radius 1 is 1.19 bits per heavy atom. The Morgan fingerprint density at radius 3 is 2.71 bits per heavy atom. The fourth-order valence-electron chi connectivity index (χ4n) is 2.58. The van der Waals surface area contributed by atoms with Gasteiger partial charge in [-0.2, -0.15) is 0 Å². The van der Waals surface area contributed by atoms with Crippen LogP contribution in [0.1, 0.15) is 28.8 Å². The summed E-state index contributed by atoms with van der Waals surface area (Å²) in [6.07, 6.45) is 4.62. The molecule has 1 N–H and O–H groups in total. The molecule has 0 fully saturated rings. The fourth-order valence-corrected chi connectivity index (χ4v) is 2.58. The van der Waals surface area contributed by atoms with E-state index >= 15 is 0 Å². The molecule has 0 bridgehead atoms. The standard InChI is InChI=1S/C16H15N3O2/c20-16(12-7-9-17-10-8-12)19-11-3-5-14(18-21)13-4-1-2-6-15(13)19/h1-2,4,6-10,21H,3,5,11H2/b18-14-. The zero-order valence-corrected chi connectivity index (χ0v) is 11.4. The number of hydrogen-bond donors (Lipinski definition) is 1. The highest BCUT2D eigenvalue weighted by molar-refractivity contribution is 6.12. The maximum atomic E-state index is 12.7. The number of carbonyl (C=O) groups excluding carboxylic acids is 1. The van der Waals surface area contributed by atoms with Gasteiger partial charge in [-0.15, -0.1) is 0 Å². The van der Waals surface area contributed by atoms with Crippen molar-refractivity contribution in [3.63, 3.8) is 0 Å². The Labute approximate surface area is 122 Å². The average molecular weight is 281 g/mol. The fraction of sp³-hybridized carbons (Fsp3) is 0.188. The van der Waals surface area contributed by atoms with Crippen LogP contribution in [0, 0.1) is 0 Å². The molecule has 2 heterocycles. The number of rotatable bonds is 1. The van der Waals surface area contributed by atoms with Gasteiger partial charge in [-0.25, -0.2) is 0 Å². The van der Waals surface area contributed by atoms with Crippen LogP contribution in [0.15, 0.2) is 53.9 Å². The van der Waals surface area contributed by atoms with Crippen molar-refractivity contribution in [3.05, 3.63) is 59.9 Å². The number of carbonyl (C=O) groups is 1. The van der Waals surface area contributed by atoms with Crippen LogP contribution in [0.4, 0.5) is 5.69 Å². The van der Waals surface area contributed by atoms with E-state index in [9.17, 15) is 10.0 Å². The van der Waals surface area contributed by atoms with Crippen LogP contribution < -0.4 is 4.90 Å². The lowest BCUT2D eigenvalue weighted by Crippen LogP contribution is -2.31. The van der Waals surface area contributed by atoms with Crippen molar-refractivity contribution in [3.8, 4) is 0 Å². The number of oxime groups is 1. The van der Waals surface area contributed by atoms with E-state index < -0.39 is 0 Å². The van der Waals surface area contributed by atoms with E-state index in [1.165, 1.54) is 0 Å². The van der Waals surface area contributed by atoms with Gasteiger partial charge in [0.2, 0.25) is 0 Å². The third-order valence-electron chi connectivity index (χ3n) is 3.59. The van der Waals surface area contributed by atoms with E-state index in [-0.39, 0.29) is 5.91 Å². The van der Waals surface area contributed by atoms with Gasteiger partial charge < -0.3 is 10.1 Å². The van der Waals surface area contributed by atoms with Crippen LogP contribution in [-0.2, 0) is 0 Å². The van der Waals surface area contributed by atoms with Crippen molar-refractivity contribution in [2.24, 2.45) is 5.16 Å². The third-order valence-corrected chi connectivity index (χ3v) is 3.59. The molecule has 0 saturated carbocycles. The summed E-state index contributed by atoms with van der Waals surface area (Å²) in [6, 6.07) is 10.9. The monoisotopic (exact) mass is 281 g/mol. The highest BCUT2D eigenvalue weighted by Crippen LogP contribution is 2.27. The molecule has 0 spiro atoms.